The Kier molecular flexibility index (Phi) is 6.03. The number of halogens is 3. The Morgan fingerprint density at radius 1 is 1.19 bits per heavy atom. The first kappa shape index (κ1) is 21.4. The molecule has 3 aromatic rings. The number of likely N-dealkylation sites (N-methyl/N-ethyl adjacent to an activating group) is 1. The third-order valence-corrected chi connectivity index (χ3v) is 6.12. The Bertz CT molecular complexity index is 1170. The third-order valence-electron chi connectivity index (χ3n) is 5.39. The predicted octanol–water partition coefficient (Wildman–Crippen LogP) is 5.67. The summed E-state index contributed by atoms with van der Waals surface area (Å²) < 4.78 is 16.0. The lowest BCUT2D eigenvalue weighted by Crippen LogP contribution is -2.38. The molecule has 5 nitrogen and oxygen atoms in total. The highest BCUT2D eigenvalue weighted by atomic mass is 35.5. The van der Waals surface area contributed by atoms with Gasteiger partial charge in [0.1, 0.15) is 17.7 Å². The van der Waals surface area contributed by atoms with Crippen molar-refractivity contribution in [2.75, 3.05) is 11.9 Å². The van der Waals surface area contributed by atoms with Gasteiger partial charge in [0.05, 0.1) is 21.8 Å². The average molecular weight is 459 g/mol. The second-order valence-electron chi connectivity index (χ2n) is 7.31. The molecule has 0 bridgehead atoms. The molecule has 31 heavy (non-hydrogen) atoms. The number of nitrogens with one attached hydrogen (secondary N) is 1. The summed E-state index contributed by atoms with van der Waals surface area (Å²) in [7, 11) is 0. The maximum absolute atomic E-state index is 14.2. The molecule has 0 saturated carbocycles. The van der Waals surface area contributed by atoms with Gasteiger partial charge in [0.25, 0.3) is 5.91 Å². The van der Waals surface area contributed by atoms with Crippen LogP contribution in [0.4, 0.5) is 10.2 Å². The smallest absolute Gasteiger partial charge is 0.254 e. The normalized spacial score (nSPS) is 15.5. The van der Waals surface area contributed by atoms with Crippen LogP contribution in [0.1, 0.15) is 31.0 Å². The van der Waals surface area contributed by atoms with Crippen molar-refractivity contribution in [2.24, 2.45) is 0 Å². The number of fused-ring (bicyclic) bond motifs is 1. The van der Waals surface area contributed by atoms with E-state index in [-0.39, 0.29) is 18.3 Å². The van der Waals surface area contributed by atoms with Gasteiger partial charge < -0.3 is 10.2 Å². The minimum atomic E-state index is -0.497. The Hall–Kier alpha value is -2.83. The monoisotopic (exact) mass is 458 g/mol. The molecule has 1 N–H and O–H groups in total. The summed E-state index contributed by atoms with van der Waals surface area (Å²) in [6, 6.07) is 13.1. The number of allylic oxidation sites excluding steroid dienone is 1. The van der Waals surface area contributed by atoms with E-state index in [0.29, 0.717) is 33.4 Å². The average Bonchev–Trinajstić information content (AvgIpc) is 3.21. The van der Waals surface area contributed by atoms with Crippen molar-refractivity contribution in [3.05, 3.63) is 93.0 Å². The molecule has 1 aliphatic rings. The third kappa shape index (κ3) is 4.05. The molecule has 0 aliphatic carbocycles. The molecule has 0 spiro atoms. The summed E-state index contributed by atoms with van der Waals surface area (Å²) in [6.45, 7) is 4.31. The Labute approximate surface area is 190 Å². The Morgan fingerprint density at radius 3 is 2.68 bits per heavy atom. The van der Waals surface area contributed by atoms with E-state index in [1.165, 1.54) is 6.07 Å². The van der Waals surface area contributed by atoms with Gasteiger partial charge in [-0.05, 0) is 37.6 Å². The molecule has 2 heterocycles. The molecule has 1 aromatic heterocycles. The number of nitrogens with zero attached hydrogens (tertiary/aromatic N) is 3. The molecule has 8 heteroatoms. The molecule has 2 aromatic carbocycles. The van der Waals surface area contributed by atoms with Gasteiger partial charge in [-0.15, -0.1) is 0 Å². The maximum atomic E-state index is 14.2. The van der Waals surface area contributed by atoms with Crippen LogP contribution in [-0.4, -0.2) is 27.1 Å². The molecule has 1 amide bonds. The number of carbonyl (C=O) groups is 1. The predicted molar refractivity (Wildman–Crippen MR) is 121 cm³/mol. The van der Waals surface area contributed by atoms with Crippen LogP contribution in [0.5, 0.6) is 0 Å². The van der Waals surface area contributed by atoms with E-state index in [1.54, 1.807) is 46.1 Å². The van der Waals surface area contributed by atoms with Crippen LogP contribution in [0.3, 0.4) is 0 Å². The van der Waals surface area contributed by atoms with Crippen LogP contribution in [0, 0.1) is 5.82 Å². The van der Waals surface area contributed by atoms with Crippen molar-refractivity contribution >= 4 is 34.9 Å². The van der Waals surface area contributed by atoms with Crippen LogP contribution < -0.4 is 5.32 Å². The molecule has 4 rings (SSSR count). The van der Waals surface area contributed by atoms with Crippen LogP contribution in [0.2, 0.25) is 10.0 Å². The fourth-order valence-corrected chi connectivity index (χ4v) is 4.11. The van der Waals surface area contributed by atoms with E-state index in [4.69, 9.17) is 23.2 Å². The van der Waals surface area contributed by atoms with Gasteiger partial charge in [0, 0.05) is 30.4 Å². The molecule has 0 saturated heterocycles. The zero-order valence-corrected chi connectivity index (χ0v) is 18.6. The van der Waals surface area contributed by atoms with Gasteiger partial charge in [0.2, 0.25) is 0 Å². The quantitative estimate of drug-likeness (QED) is 0.535. The first-order chi connectivity index (χ1) is 14.9. The van der Waals surface area contributed by atoms with E-state index < -0.39 is 6.04 Å². The minimum Gasteiger partial charge on any atom is -0.344 e. The fourth-order valence-electron chi connectivity index (χ4n) is 3.80. The van der Waals surface area contributed by atoms with E-state index in [1.807, 2.05) is 26.0 Å². The number of hydrogen-bond donors (Lipinski definition) is 1. The number of rotatable bonds is 5. The van der Waals surface area contributed by atoms with Gasteiger partial charge in [-0.3, -0.25) is 4.79 Å². The largest absolute Gasteiger partial charge is 0.344 e. The molecule has 0 fully saturated rings. The van der Waals surface area contributed by atoms with E-state index in [0.717, 1.165) is 11.4 Å². The van der Waals surface area contributed by atoms with Crippen molar-refractivity contribution in [3.63, 3.8) is 0 Å². The zero-order valence-electron chi connectivity index (χ0n) is 17.1. The molecule has 160 valence electrons. The number of benzene rings is 2. The highest BCUT2D eigenvalue weighted by molar-refractivity contribution is 6.42. The highest BCUT2D eigenvalue weighted by Gasteiger charge is 2.35. The number of aromatic nitrogens is 2. The van der Waals surface area contributed by atoms with Gasteiger partial charge in [0.15, 0.2) is 0 Å². The number of hydrogen-bond acceptors (Lipinski definition) is 3. The summed E-state index contributed by atoms with van der Waals surface area (Å²) >= 11 is 12.4. The van der Waals surface area contributed by atoms with Crippen molar-refractivity contribution in [3.8, 4) is 0 Å². The fraction of sp³-hybridized carbons (Fsp3) is 0.217. The van der Waals surface area contributed by atoms with Crippen LogP contribution in [0.15, 0.2) is 66.0 Å². The topological polar surface area (TPSA) is 50.2 Å². The van der Waals surface area contributed by atoms with E-state index >= 15 is 0 Å². The van der Waals surface area contributed by atoms with Crippen molar-refractivity contribution in [1.82, 2.24) is 14.7 Å². The SMILES string of the molecule is CCN(Cc1ccccc1F)C(=O)C1=C(C)Nc2ccnn2C1c1ccc(Cl)c(Cl)c1. The number of carbonyl (C=O) groups excluding carboxylic acids is 1. The van der Waals surface area contributed by atoms with E-state index in [9.17, 15) is 9.18 Å². The number of anilines is 1. The van der Waals surface area contributed by atoms with Crippen LogP contribution >= 0.6 is 23.2 Å². The van der Waals surface area contributed by atoms with Crippen molar-refractivity contribution < 1.29 is 9.18 Å². The van der Waals surface area contributed by atoms with Gasteiger partial charge in [-0.2, -0.15) is 5.10 Å². The Balaban J connectivity index is 1.77. The molecular weight excluding hydrogens is 438 g/mol. The molecule has 0 radical (unpaired) electrons. The summed E-state index contributed by atoms with van der Waals surface area (Å²) in [4.78, 5) is 15.4. The summed E-state index contributed by atoms with van der Waals surface area (Å²) in [5.41, 5.74) is 2.48. The standard InChI is InChI=1S/C23H21Cl2FN4O/c1-3-29(13-16-6-4-5-7-19(16)26)23(31)21-14(2)28-20-10-11-27-30(20)22(21)15-8-9-17(24)18(25)12-15/h4-12,22,28H,3,13H2,1-2H3. The van der Waals surface area contributed by atoms with Gasteiger partial charge >= 0.3 is 0 Å². The lowest BCUT2D eigenvalue weighted by molar-refractivity contribution is -0.128. The Morgan fingerprint density at radius 2 is 1.97 bits per heavy atom. The first-order valence-electron chi connectivity index (χ1n) is 9.89. The second-order valence-corrected chi connectivity index (χ2v) is 8.13. The van der Waals surface area contributed by atoms with Crippen molar-refractivity contribution in [2.45, 2.75) is 26.4 Å². The van der Waals surface area contributed by atoms with Gasteiger partial charge in [-0.25, -0.2) is 9.07 Å². The van der Waals surface area contributed by atoms with Crippen LogP contribution in [-0.2, 0) is 11.3 Å². The second kappa shape index (κ2) is 8.73. The molecular formula is C23H21Cl2FN4O. The van der Waals surface area contributed by atoms with E-state index in [2.05, 4.69) is 10.4 Å². The maximum Gasteiger partial charge on any atom is 0.254 e. The van der Waals surface area contributed by atoms with Crippen LogP contribution in [0.25, 0.3) is 0 Å². The first-order valence-corrected chi connectivity index (χ1v) is 10.6. The van der Waals surface area contributed by atoms with Crippen molar-refractivity contribution in [1.29, 1.82) is 0 Å². The molecule has 1 unspecified atom stereocenters. The van der Waals surface area contributed by atoms with Gasteiger partial charge in [-0.1, -0.05) is 47.5 Å². The highest BCUT2D eigenvalue weighted by Crippen LogP contribution is 2.38. The zero-order chi connectivity index (χ0) is 22.1. The molecule has 1 atom stereocenters. The minimum absolute atomic E-state index is 0.166. The summed E-state index contributed by atoms with van der Waals surface area (Å²) in [6.07, 6.45) is 1.67. The lowest BCUT2D eigenvalue weighted by atomic mass is 9.94. The number of amides is 1. The summed E-state index contributed by atoms with van der Waals surface area (Å²) in [5, 5.41) is 8.51. The lowest BCUT2D eigenvalue weighted by Gasteiger charge is -2.33. The summed E-state index contributed by atoms with van der Waals surface area (Å²) in [5.74, 6) is 0.229. The molecule has 1 aliphatic heterocycles.